The van der Waals surface area contributed by atoms with Crippen molar-refractivity contribution in [3.05, 3.63) is 23.8 Å². The van der Waals surface area contributed by atoms with Gasteiger partial charge in [-0.15, -0.1) is 0 Å². The van der Waals surface area contributed by atoms with Crippen molar-refractivity contribution < 1.29 is 4.74 Å². The van der Waals surface area contributed by atoms with Crippen LogP contribution in [-0.4, -0.2) is 13.2 Å². The molecule has 0 radical (unpaired) electrons. The number of rotatable bonds is 3. The van der Waals surface area contributed by atoms with Gasteiger partial charge in [0.25, 0.3) is 0 Å². The molecule has 2 heteroatoms. The highest BCUT2D eigenvalue weighted by atomic mass is 16.5. The van der Waals surface area contributed by atoms with Gasteiger partial charge in [-0.05, 0) is 74.6 Å². The maximum atomic E-state index is 5.33. The lowest BCUT2D eigenvalue weighted by molar-refractivity contribution is 0.188. The number of benzene rings is 1. The summed E-state index contributed by atoms with van der Waals surface area (Å²) in [5, 5.41) is 3.72. The molecule has 110 valence electrons. The molecule has 2 fully saturated rings. The van der Waals surface area contributed by atoms with Crippen molar-refractivity contribution in [1.82, 2.24) is 0 Å². The standard InChI is InChI=1S/C18H27NO/c1-14-13-16(5-6-17(14)20-2)19-15-7-11-18(12-8-15)9-3-4-10-18/h5-6,13,15,19H,3-4,7-12H2,1-2H3. The monoisotopic (exact) mass is 273 g/mol. The molecule has 0 atom stereocenters. The summed E-state index contributed by atoms with van der Waals surface area (Å²) in [6.07, 6.45) is 11.4. The van der Waals surface area contributed by atoms with Gasteiger partial charge in [-0.3, -0.25) is 0 Å². The number of hydrogen-bond acceptors (Lipinski definition) is 2. The van der Waals surface area contributed by atoms with Crippen LogP contribution < -0.4 is 10.1 Å². The van der Waals surface area contributed by atoms with Crippen LogP contribution in [0.3, 0.4) is 0 Å². The first-order chi connectivity index (χ1) is 9.71. The second-order valence-electron chi connectivity index (χ2n) is 6.81. The third kappa shape index (κ3) is 2.79. The van der Waals surface area contributed by atoms with Crippen LogP contribution in [0.15, 0.2) is 18.2 Å². The van der Waals surface area contributed by atoms with Gasteiger partial charge in [-0.2, -0.15) is 0 Å². The second kappa shape index (κ2) is 5.67. The molecule has 2 aliphatic rings. The highest BCUT2D eigenvalue weighted by Gasteiger charge is 2.37. The van der Waals surface area contributed by atoms with Gasteiger partial charge in [0.1, 0.15) is 5.75 Å². The van der Waals surface area contributed by atoms with Crippen molar-refractivity contribution in [3.63, 3.8) is 0 Å². The molecule has 1 aromatic rings. The minimum atomic E-state index is 0.661. The molecule has 0 bridgehead atoms. The zero-order valence-electron chi connectivity index (χ0n) is 12.9. The van der Waals surface area contributed by atoms with Crippen LogP contribution in [0.25, 0.3) is 0 Å². The molecule has 3 rings (SSSR count). The summed E-state index contributed by atoms with van der Waals surface area (Å²) >= 11 is 0. The van der Waals surface area contributed by atoms with E-state index >= 15 is 0 Å². The first-order valence-corrected chi connectivity index (χ1v) is 8.12. The number of anilines is 1. The topological polar surface area (TPSA) is 21.3 Å². The van der Waals surface area contributed by atoms with Crippen molar-refractivity contribution in [3.8, 4) is 5.75 Å². The van der Waals surface area contributed by atoms with Crippen LogP contribution in [0.4, 0.5) is 5.69 Å². The van der Waals surface area contributed by atoms with Crippen molar-refractivity contribution in [1.29, 1.82) is 0 Å². The average molecular weight is 273 g/mol. The van der Waals surface area contributed by atoms with Crippen LogP contribution in [0.2, 0.25) is 0 Å². The molecule has 1 spiro atoms. The Hall–Kier alpha value is -1.18. The lowest BCUT2D eigenvalue weighted by Gasteiger charge is -2.38. The predicted octanol–water partition coefficient (Wildman–Crippen LogP) is 4.92. The maximum Gasteiger partial charge on any atom is 0.121 e. The van der Waals surface area contributed by atoms with E-state index in [1.807, 2.05) is 0 Å². The Labute approximate surface area is 122 Å². The summed E-state index contributed by atoms with van der Waals surface area (Å²) in [6, 6.07) is 7.08. The molecule has 0 unspecified atom stereocenters. The van der Waals surface area contributed by atoms with E-state index in [1.165, 1.54) is 62.6 Å². The van der Waals surface area contributed by atoms with Gasteiger partial charge in [-0.1, -0.05) is 12.8 Å². The van der Waals surface area contributed by atoms with Crippen molar-refractivity contribution >= 4 is 5.69 Å². The Bertz CT molecular complexity index is 452. The van der Waals surface area contributed by atoms with E-state index in [-0.39, 0.29) is 0 Å². The van der Waals surface area contributed by atoms with Gasteiger partial charge < -0.3 is 10.1 Å². The van der Waals surface area contributed by atoms with Crippen LogP contribution in [0.1, 0.15) is 56.9 Å². The molecule has 0 saturated heterocycles. The Morgan fingerprint density at radius 1 is 1.10 bits per heavy atom. The van der Waals surface area contributed by atoms with Crippen molar-refractivity contribution in [2.24, 2.45) is 5.41 Å². The van der Waals surface area contributed by atoms with E-state index < -0.39 is 0 Å². The molecule has 2 nitrogen and oxygen atoms in total. The molecule has 0 aromatic heterocycles. The highest BCUT2D eigenvalue weighted by molar-refractivity contribution is 5.51. The molecular weight excluding hydrogens is 246 g/mol. The molecule has 2 aliphatic carbocycles. The molecule has 1 N–H and O–H groups in total. The molecular formula is C18H27NO. The number of ether oxygens (including phenoxy) is 1. The summed E-state index contributed by atoms with van der Waals surface area (Å²) in [5.74, 6) is 0.976. The van der Waals surface area contributed by atoms with E-state index in [0.717, 1.165) is 11.2 Å². The van der Waals surface area contributed by atoms with Crippen LogP contribution in [0, 0.1) is 12.3 Å². The number of nitrogens with one attached hydrogen (secondary N) is 1. The van der Waals surface area contributed by atoms with Crippen molar-refractivity contribution in [2.75, 3.05) is 12.4 Å². The van der Waals surface area contributed by atoms with Gasteiger partial charge in [0, 0.05) is 11.7 Å². The molecule has 0 amide bonds. The number of hydrogen-bond donors (Lipinski definition) is 1. The number of aryl methyl sites for hydroxylation is 1. The molecule has 0 aliphatic heterocycles. The van der Waals surface area contributed by atoms with Crippen LogP contribution in [-0.2, 0) is 0 Å². The van der Waals surface area contributed by atoms with Gasteiger partial charge in [0.15, 0.2) is 0 Å². The molecule has 2 saturated carbocycles. The van der Waals surface area contributed by atoms with Gasteiger partial charge in [-0.25, -0.2) is 0 Å². The van der Waals surface area contributed by atoms with Gasteiger partial charge >= 0.3 is 0 Å². The maximum absolute atomic E-state index is 5.33. The van der Waals surface area contributed by atoms with Crippen LogP contribution in [0.5, 0.6) is 5.75 Å². The van der Waals surface area contributed by atoms with E-state index in [0.29, 0.717) is 6.04 Å². The van der Waals surface area contributed by atoms with E-state index in [1.54, 1.807) is 7.11 Å². The molecule has 20 heavy (non-hydrogen) atoms. The Morgan fingerprint density at radius 3 is 2.40 bits per heavy atom. The zero-order valence-corrected chi connectivity index (χ0v) is 12.9. The minimum absolute atomic E-state index is 0.661. The second-order valence-corrected chi connectivity index (χ2v) is 6.81. The third-order valence-electron chi connectivity index (χ3n) is 5.48. The van der Waals surface area contributed by atoms with Gasteiger partial charge in [0.05, 0.1) is 7.11 Å². The highest BCUT2D eigenvalue weighted by Crippen LogP contribution is 2.49. The normalized spacial score (nSPS) is 22.1. The Morgan fingerprint density at radius 2 is 1.80 bits per heavy atom. The Balaban J connectivity index is 1.58. The Kier molecular flexibility index (Phi) is 3.91. The minimum Gasteiger partial charge on any atom is -0.496 e. The van der Waals surface area contributed by atoms with Gasteiger partial charge in [0.2, 0.25) is 0 Å². The van der Waals surface area contributed by atoms with E-state index in [9.17, 15) is 0 Å². The largest absolute Gasteiger partial charge is 0.496 e. The van der Waals surface area contributed by atoms with E-state index in [4.69, 9.17) is 4.74 Å². The summed E-state index contributed by atoms with van der Waals surface area (Å²) in [7, 11) is 1.73. The average Bonchev–Trinajstić information content (AvgIpc) is 2.90. The zero-order chi connectivity index (χ0) is 14.0. The fourth-order valence-corrected chi connectivity index (χ4v) is 4.20. The lowest BCUT2D eigenvalue weighted by atomic mass is 9.71. The quantitative estimate of drug-likeness (QED) is 0.844. The van der Waals surface area contributed by atoms with Crippen molar-refractivity contribution in [2.45, 2.75) is 64.3 Å². The third-order valence-corrected chi connectivity index (χ3v) is 5.48. The SMILES string of the molecule is COc1ccc(NC2CCC3(CCCC3)CC2)cc1C. The fraction of sp³-hybridized carbons (Fsp3) is 0.667. The summed E-state index contributed by atoms with van der Waals surface area (Å²) < 4.78 is 5.33. The smallest absolute Gasteiger partial charge is 0.121 e. The number of methoxy groups -OCH3 is 1. The fourth-order valence-electron chi connectivity index (χ4n) is 4.20. The van der Waals surface area contributed by atoms with E-state index in [2.05, 4.69) is 30.4 Å². The van der Waals surface area contributed by atoms with Crippen LogP contribution >= 0.6 is 0 Å². The first-order valence-electron chi connectivity index (χ1n) is 8.12. The molecule has 1 aromatic carbocycles. The predicted molar refractivity (Wildman–Crippen MR) is 84.5 cm³/mol. The first kappa shape index (κ1) is 13.8. The summed E-state index contributed by atoms with van der Waals surface area (Å²) in [6.45, 7) is 2.11. The lowest BCUT2D eigenvalue weighted by Crippen LogP contribution is -2.31. The summed E-state index contributed by atoms with van der Waals surface area (Å²) in [4.78, 5) is 0. The summed E-state index contributed by atoms with van der Waals surface area (Å²) in [5.41, 5.74) is 3.19. The molecule has 0 heterocycles.